The first-order chi connectivity index (χ1) is 11.2. The van der Waals surface area contributed by atoms with Crippen LogP contribution in [0.5, 0.6) is 0 Å². The summed E-state index contributed by atoms with van der Waals surface area (Å²) >= 11 is 1.33. The van der Waals surface area contributed by atoms with Gasteiger partial charge in [-0.3, -0.25) is 14.9 Å². The summed E-state index contributed by atoms with van der Waals surface area (Å²) in [5, 5.41) is 7.36. The Labute approximate surface area is 138 Å². The minimum absolute atomic E-state index is 0.0365. The van der Waals surface area contributed by atoms with E-state index >= 15 is 0 Å². The number of anilines is 1. The van der Waals surface area contributed by atoms with Crippen molar-refractivity contribution in [2.24, 2.45) is 0 Å². The highest BCUT2D eigenvalue weighted by Crippen LogP contribution is 2.18. The van der Waals surface area contributed by atoms with Crippen molar-refractivity contribution < 1.29 is 14.0 Å². The fourth-order valence-corrected chi connectivity index (χ4v) is 3.30. The molecule has 0 saturated heterocycles. The first kappa shape index (κ1) is 15.7. The van der Waals surface area contributed by atoms with Gasteiger partial charge in [0.1, 0.15) is 6.26 Å². The molecule has 1 saturated carbocycles. The van der Waals surface area contributed by atoms with Gasteiger partial charge in [0.05, 0.1) is 4.88 Å². The van der Waals surface area contributed by atoms with Gasteiger partial charge < -0.3 is 9.73 Å². The number of aromatic nitrogens is 1. The van der Waals surface area contributed by atoms with Crippen LogP contribution in [0, 0.1) is 0 Å². The molecule has 2 aromatic heterocycles. The van der Waals surface area contributed by atoms with E-state index in [1.165, 1.54) is 30.4 Å². The lowest BCUT2D eigenvalue weighted by Crippen LogP contribution is -2.34. The van der Waals surface area contributed by atoms with Gasteiger partial charge in [-0.15, -0.1) is 11.3 Å². The number of thiophene rings is 1. The lowest BCUT2D eigenvalue weighted by Gasteiger charge is -2.14. The zero-order valence-electron chi connectivity index (χ0n) is 12.7. The predicted molar refractivity (Wildman–Crippen MR) is 87.7 cm³/mol. The third-order valence-corrected chi connectivity index (χ3v) is 4.76. The van der Waals surface area contributed by atoms with Crippen molar-refractivity contribution in [3.8, 4) is 0 Å². The number of carbonyl (C=O) groups excluding carboxylic acids is 2. The average Bonchev–Trinajstić information content (AvgIpc) is 3.16. The Hall–Kier alpha value is -2.15. The quantitative estimate of drug-likeness (QED) is 0.840. The molecule has 3 rings (SSSR count). The topological polar surface area (TPSA) is 84.2 Å². The van der Waals surface area contributed by atoms with Crippen molar-refractivity contribution in [1.82, 2.24) is 10.3 Å². The van der Waals surface area contributed by atoms with E-state index in [-0.39, 0.29) is 29.6 Å². The van der Waals surface area contributed by atoms with E-state index in [9.17, 15) is 9.59 Å². The van der Waals surface area contributed by atoms with E-state index in [1.54, 1.807) is 12.1 Å². The molecule has 2 N–H and O–H groups in total. The molecule has 6 nitrogen and oxygen atoms in total. The molecule has 2 amide bonds. The first-order valence-electron chi connectivity index (χ1n) is 7.83. The van der Waals surface area contributed by atoms with Crippen LogP contribution >= 0.6 is 11.3 Å². The van der Waals surface area contributed by atoms with Crippen molar-refractivity contribution >= 4 is 29.2 Å². The maximum Gasteiger partial charge on any atom is 0.302 e. The minimum atomic E-state index is -0.294. The van der Waals surface area contributed by atoms with Crippen LogP contribution in [0.2, 0.25) is 0 Å². The molecule has 2 heterocycles. The normalized spacial score (nSPS) is 15.8. The van der Waals surface area contributed by atoms with Crippen molar-refractivity contribution in [2.45, 2.75) is 44.6 Å². The fourth-order valence-electron chi connectivity index (χ4n) is 2.68. The van der Waals surface area contributed by atoms with Gasteiger partial charge in [-0.25, -0.2) is 0 Å². The fraction of sp³-hybridized carbons (Fsp3) is 0.438. The Morgan fingerprint density at radius 1 is 1.17 bits per heavy atom. The highest BCUT2D eigenvalue weighted by molar-refractivity contribution is 7.12. The molecule has 2 aromatic rings. The van der Waals surface area contributed by atoms with E-state index in [0.29, 0.717) is 4.88 Å². The van der Waals surface area contributed by atoms with E-state index in [4.69, 9.17) is 4.42 Å². The van der Waals surface area contributed by atoms with E-state index in [2.05, 4.69) is 15.6 Å². The molecule has 1 aliphatic rings. The molecule has 0 bridgehead atoms. The SMILES string of the molecule is O=C(NC1CCCCCC1)c1coc(NC(=O)c2cccs2)n1. The summed E-state index contributed by atoms with van der Waals surface area (Å²) in [5.41, 5.74) is 0.190. The van der Waals surface area contributed by atoms with Crippen LogP contribution in [-0.2, 0) is 0 Å². The Morgan fingerprint density at radius 2 is 1.96 bits per heavy atom. The zero-order valence-corrected chi connectivity index (χ0v) is 13.5. The Bertz CT molecular complexity index is 658. The third kappa shape index (κ3) is 4.19. The summed E-state index contributed by atoms with van der Waals surface area (Å²) in [7, 11) is 0. The summed E-state index contributed by atoms with van der Waals surface area (Å²) in [6.07, 6.45) is 8.04. The smallest absolute Gasteiger partial charge is 0.302 e. The minimum Gasteiger partial charge on any atom is -0.431 e. The molecule has 1 aliphatic carbocycles. The van der Waals surface area contributed by atoms with Gasteiger partial charge in [0.2, 0.25) is 0 Å². The van der Waals surface area contributed by atoms with Crippen molar-refractivity contribution in [2.75, 3.05) is 5.32 Å². The zero-order chi connectivity index (χ0) is 16.1. The molecular formula is C16H19N3O3S. The second-order valence-corrected chi connectivity index (χ2v) is 6.58. The maximum atomic E-state index is 12.2. The van der Waals surface area contributed by atoms with Crippen LogP contribution in [-0.4, -0.2) is 22.8 Å². The molecule has 122 valence electrons. The van der Waals surface area contributed by atoms with Crippen LogP contribution in [0.3, 0.4) is 0 Å². The van der Waals surface area contributed by atoms with Crippen LogP contribution in [0.15, 0.2) is 28.2 Å². The number of carbonyl (C=O) groups is 2. The van der Waals surface area contributed by atoms with Gasteiger partial charge in [-0.1, -0.05) is 31.7 Å². The highest BCUT2D eigenvalue weighted by Gasteiger charge is 2.19. The van der Waals surface area contributed by atoms with Crippen molar-refractivity contribution in [1.29, 1.82) is 0 Å². The molecule has 0 spiro atoms. The molecule has 0 aliphatic heterocycles. The number of amides is 2. The van der Waals surface area contributed by atoms with Gasteiger partial charge in [0.15, 0.2) is 5.69 Å². The van der Waals surface area contributed by atoms with Crippen LogP contribution in [0.1, 0.15) is 58.7 Å². The molecule has 0 radical (unpaired) electrons. The van der Waals surface area contributed by atoms with Gasteiger partial charge in [0, 0.05) is 6.04 Å². The Morgan fingerprint density at radius 3 is 2.65 bits per heavy atom. The van der Waals surface area contributed by atoms with Crippen LogP contribution in [0.25, 0.3) is 0 Å². The van der Waals surface area contributed by atoms with Gasteiger partial charge in [0.25, 0.3) is 11.8 Å². The van der Waals surface area contributed by atoms with Crippen LogP contribution in [0.4, 0.5) is 6.01 Å². The predicted octanol–water partition coefficient (Wildman–Crippen LogP) is 3.44. The largest absolute Gasteiger partial charge is 0.431 e. The lowest BCUT2D eigenvalue weighted by molar-refractivity contribution is 0.0927. The monoisotopic (exact) mass is 333 g/mol. The summed E-state index contributed by atoms with van der Waals surface area (Å²) in [4.78, 5) is 28.7. The first-order valence-corrected chi connectivity index (χ1v) is 8.71. The third-order valence-electron chi connectivity index (χ3n) is 3.89. The second-order valence-electron chi connectivity index (χ2n) is 5.63. The molecule has 23 heavy (non-hydrogen) atoms. The molecule has 0 atom stereocenters. The van der Waals surface area contributed by atoms with Gasteiger partial charge >= 0.3 is 6.01 Å². The van der Waals surface area contributed by atoms with Crippen molar-refractivity contribution in [3.05, 3.63) is 34.3 Å². The van der Waals surface area contributed by atoms with E-state index in [0.717, 1.165) is 25.7 Å². The molecule has 7 heteroatoms. The molecule has 0 aromatic carbocycles. The number of oxazole rings is 1. The number of hydrogen-bond acceptors (Lipinski definition) is 5. The van der Waals surface area contributed by atoms with E-state index in [1.807, 2.05) is 5.38 Å². The maximum absolute atomic E-state index is 12.2. The number of nitrogens with zero attached hydrogens (tertiary/aromatic N) is 1. The molecule has 0 unspecified atom stereocenters. The van der Waals surface area contributed by atoms with Gasteiger partial charge in [-0.2, -0.15) is 4.98 Å². The van der Waals surface area contributed by atoms with Crippen LogP contribution < -0.4 is 10.6 Å². The molecule has 1 fully saturated rings. The lowest BCUT2D eigenvalue weighted by atomic mass is 10.1. The summed E-state index contributed by atoms with van der Waals surface area (Å²) in [5.74, 6) is -0.546. The standard InChI is InChI=1S/C16H19N3O3S/c20-14(17-11-6-3-1-2-4-7-11)12-10-22-16(18-12)19-15(21)13-8-5-9-23-13/h5,8-11H,1-4,6-7H2,(H,17,20)(H,18,19,21). The number of nitrogens with one attached hydrogen (secondary N) is 2. The second kappa shape index (κ2) is 7.41. The number of rotatable bonds is 4. The summed E-state index contributed by atoms with van der Waals surface area (Å²) in [6, 6.07) is 3.74. The average molecular weight is 333 g/mol. The highest BCUT2D eigenvalue weighted by atomic mass is 32.1. The van der Waals surface area contributed by atoms with Crippen molar-refractivity contribution in [3.63, 3.8) is 0 Å². The van der Waals surface area contributed by atoms with Gasteiger partial charge in [-0.05, 0) is 24.3 Å². The molecular weight excluding hydrogens is 314 g/mol. The number of hydrogen-bond donors (Lipinski definition) is 2. The Balaban J connectivity index is 1.57. The van der Waals surface area contributed by atoms with E-state index < -0.39 is 0 Å². The summed E-state index contributed by atoms with van der Waals surface area (Å²) < 4.78 is 5.17. The summed E-state index contributed by atoms with van der Waals surface area (Å²) in [6.45, 7) is 0. The Kier molecular flexibility index (Phi) is 5.07.